The largest absolute Gasteiger partial charge is 0.356 e. The number of nitrogens with one attached hydrogen (secondary N) is 2. The normalized spacial score (nSPS) is 20.0. The summed E-state index contributed by atoms with van der Waals surface area (Å²) >= 11 is 0. The van der Waals surface area contributed by atoms with Gasteiger partial charge in [-0.2, -0.15) is 5.10 Å². The molecule has 1 aliphatic carbocycles. The number of benzene rings is 1. The minimum atomic E-state index is -0.239. The molecular formula is C20H29FIN5. The number of aromatic nitrogens is 2. The summed E-state index contributed by atoms with van der Waals surface area (Å²) < 4.78 is 14.8. The monoisotopic (exact) mass is 485 g/mol. The van der Waals surface area contributed by atoms with E-state index in [0.717, 1.165) is 36.2 Å². The Morgan fingerprint density at radius 3 is 2.56 bits per heavy atom. The second kappa shape index (κ2) is 10.6. The average molecular weight is 485 g/mol. The number of hydrogen-bond donors (Lipinski definition) is 2. The van der Waals surface area contributed by atoms with E-state index in [1.54, 1.807) is 16.8 Å². The van der Waals surface area contributed by atoms with Crippen LogP contribution in [0.2, 0.25) is 0 Å². The highest BCUT2D eigenvalue weighted by atomic mass is 127. The highest BCUT2D eigenvalue weighted by molar-refractivity contribution is 14.0. The lowest BCUT2D eigenvalue weighted by Crippen LogP contribution is -2.45. The molecule has 0 aliphatic heterocycles. The standard InChI is InChI=1S/C20H28FN5.HI/c1-15-3-7-17(8-4-15)24-20(22-2)23-13-11-18-12-14-26(25-18)19-9-5-16(21)6-10-19;/h5-6,9-10,12,14-15,17H,3-4,7-8,11,13H2,1-2H3,(H2,22,23,24);1H. The molecule has 7 heteroatoms. The summed E-state index contributed by atoms with van der Waals surface area (Å²) in [5.74, 6) is 1.47. The van der Waals surface area contributed by atoms with Crippen LogP contribution in [0, 0.1) is 11.7 Å². The van der Waals surface area contributed by atoms with E-state index in [1.165, 1.54) is 37.8 Å². The molecule has 2 aromatic rings. The molecule has 148 valence electrons. The zero-order chi connectivity index (χ0) is 18.4. The molecule has 0 radical (unpaired) electrons. The quantitative estimate of drug-likeness (QED) is 0.384. The molecule has 0 bridgehead atoms. The lowest BCUT2D eigenvalue weighted by atomic mass is 9.87. The highest BCUT2D eigenvalue weighted by Gasteiger charge is 2.18. The van der Waals surface area contributed by atoms with Gasteiger partial charge < -0.3 is 10.6 Å². The first kappa shape index (κ1) is 21.7. The first-order valence-electron chi connectivity index (χ1n) is 9.41. The van der Waals surface area contributed by atoms with Crippen LogP contribution in [0.1, 0.15) is 38.3 Å². The zero-order valence-corrected chi connectivity index (χ0v) is 18.3. The average Bonchev–Trinajstić information content (AvgIpc) is 3.12. The summed E-state index contributed by atoms with van der Waals surface area (Å²) in [5, 5.41) is 11.5. The Morgan fingerprint density at radius 2 is 1.89 bits per heavy atom. The van der Waals surface area contributed by atoms with Crippen molar-refractivity contribution in [2.45, 2.75) is 45.1 Å². The maximum atomic E-state index is 13.0. The van der Waals surface area contributed by atoms with Gasteiger partial charge in [-0.25, -0.2) is 9.07 Å². The van der Waals surface area contributed by atoms with E-state index in [9.17, 15) is 4.39 Å². The molecule has 1 heterocycles. The van der Waals surface area contributed by atoms with Crippen LogP contribution in [0.25, 0.3) is 5.69 Å². The Bertz CT molecular complexity index is 720. The minimum absolute atomic E-state index is 0. The first-order chi connectivity index (χ1) is 12.6. The van der Waals surface area contributed by atoms with E-state index < -0.39 is 0 Å². The molecule has 27 heavy (non-hydrogen) atoms. The van der Waals surface area contributed by atoms with Crippen molar-refractivity contribution in [3.05, 3.63) is 48.0 Å². The lowest BCUT2D eigenvalue weighted by Gasteiger charge is -2.28. The van der Waals surface area contributed by atoms with Gasteiger partial charge in [0, 0.05) is 32.3 Å². The van der Waals surface area contributed by atoms with Crippen LogP contribution < -0.4 is 10.6 Å². The summed E-state index contributed by atoms with van der Waals surface area (Å²) in [7, 11) is 1.81. The van der Waals surface area contributed by atoms with Gasteiger partial charge in [0.05, 0.1) is 11.4 Å². The van der Waals surface area contributed by atoms with Gasteiger partial charge in [0.15, 0.2) is 5.96 Å². The van der Waals surface area contributed by atoms with Gasteiger partial charge >= 0.3 is 0 Å². The van der Waals surface area contributed by atoms with Crippen molar-refractivity contribution >= 4 is 29.9 Å². The van der Waals surface area contributed by atoms with E-state index in [-0.39, 0.29) is 29.8 Å². The molecule has 1 saturated carbocycles. The van der Waals surface area contributed by atoms with Crippen molar-refractivity contribution in [1.29, 1.82) is 0 Å². The molecule has 0 amide bonds. The molecule has 5 nitrogen and oxygen atoms in total. The smallest absolute Gasteiger partial charge is 0.191 e. The van der Waals surface area contributed by atoms with Crippen molar-refractivity contribution in [1.82, 2.24) is 20.4 Å². The van der Waals surface area contributed by atoms with Crippen LogP contribution >= 0.6 is 24.0 Å². The van der Waals surface area contributed by atoms with Crippen molar-refractivity contribution in [2.75, 3.05) is 13.6 Å². The topological polar surface area (TPSA) is 54.2 Å². The lowest BCUT2D eigenvalue weighted by molar-refractivity contribution is 0.329. The van der Waals surface area contributed by atoms with Gasteiger partial charge in [0.2, 0.25) is 0 Å². The van der Waals surface area contributed by atoms with Crippen molar-refractivity contribution in [3.8, 4) is 5.69 Å². The minimum Gasteiger partial charge on any atom is -0.356 e. The second-order valence-electron chi connectivity index (χ2n) is 7.08. The number of nitrogens with zero attached hydrogens (tertiary/aromatic N) is 3. The third-order valence-corrected chi connectivity index (χ3v) is 4.99. The van der Waals surface area contributed by atoms with Crippen LogP contribution in [0.15, 0.2) is 41.5 Å². The molecule has 1 aromatic carbocycles. The molecule has 0 spiro atoms. The van der Waals surface area contributed by atoms with Gasteiger partial charge in [-0.3, -0.25) is 4.99 Å². The van der Waals surface area contributed by atoms with E-state index in [1.807, 2.05) is 19.3 Å². The SMILES string of the molecule is CN=C(NCCc1ccn(-c2ccc(F)cc2)n1)NC1CCC(C)CC1.I. The Hall–Kier alpha value is -1.64. The fourth-order valence-electron chi connectivity index (χ4n) is 3.33. The third-order valence-electron chi connectivity index (χ3n) is 4.99. The van der Waals surface area contributed by atoms with Crippen molar-refractivity contribution < 1.29 is 4.39 Å². The number of rotatable bonds is 5. The Morgan fingerprint density at radius 1 is 1.19 bits per heavy atom. The number of aliphatic imine (C=N–C) groups is 1. The molecule has 0 saturated heterocycles. The Labute approximate surface area is 177 Å². The summed E-state index contributed by atoms with van der Waals surface area (Å²) in [6.07, 6.45) is 7.70. The van der Waals surface area contributed by atoms with E-state index in [2.05, 4.69) is 27.6 Å². The Kier molecular flexibility index (Phi) is 8.53. The van der Waals surface area contributed by atoms with E-state index in [4.69, 9.17) is 0 Å². The predicted octanol–water partition coefficient (Wildman–Crippen LogP) is 3.92. The van der Waals surface area contributed by atoms with Gasteiger partial charge in [-0.15, -0.1) is 24.0 Å². The van der Waals surface area contributed by atoms with Crippen LogP contribution in [0.3, 0.4) is 0 Å². The maximum absolute atomic E-state index is 13.0. The fraction of sp³-hybridized carbons (Fsp3) is 0.500. The highest BCUT2D eigenvalue weighted by Crippen LogP contribution is 2.23. The van der Waals surface area contributed by atoms with Crippen LogP contribution in [0.4, 0.5) is 4.39 Å². The van der Waals surface area contributed by atoms with Crippen LogP contribution in [-0.4, -0.2) is 35.4 Å². The van der Waals surface area contributed by atoms with Crippen LogP contribution in [-0.2, 0) is 6.42 Å². The summed E-state index contributed by atoms with van der Waals surface area (Å²) in [4.78, 5) is 4.33. The molecule has 0 unspecified atom stereocenters. The van der Waals surface area contributed by atoms with Gasteiger partial charge in [-0.05, 0) is 61.9 Å². The van der Waals surface area contributed by atoms with E-state index in [0.29, 0.717) is 6.04 Å². The molecule has 1 fully saturated rings. The molecule has 0 atom stereocenters. The van der Waals surface area contributed by atoms with Crippen LogP contribution in [0.5, 0.6) is 0 Å². The predicted molar refractivity (Wildman–Crippen MR) is 119 cm³/mol. The van der Waals surface area contributed by atoms with E-state index >= 15 is 0 Å². The number of hydrogen-bond acceptors (Lipinski definition) is 2. The van der Waals surface area contributed by atoms with Gasteiger partial charge in [-0.1, -0.05) is 6.92 Å². The molecule has 1 aliphatic rings. The number of guanidine groups is 1. The summed E-state index contributed by atoms with van der Waals surface area (Å²) in [6.45, 7) is 3.09. The first-order valence-corrected chi connectivity index (χ1v) is 9.41. The van der Waals surface area contributed by atoms with Crippen molar-refractivity contribution in [2.24, 2.45) is 10.9 Å². The summed E-state index contributed by atoms with van der Waals surface area (Å²) in [5.41, 5.74) is 1.85. The molecule has 3 rings (SSSR count). The maximum Gasteiger partial charge on any atom is 0.191 e. The molecular weight excluding hydrogens is 456 g/mol. The van der Waals surface area contributed by atoms with Crippen molar-refractivity contribution in [3.63, 3.8) is 0 Å². The zero-order valence-electron chi connectivity index (χ0n) is 16.0. The fourth-order valence-corrected chi connectivity index (χ4v) is 3.33. The second-order valence-corrected chi connectivity index (χ2v) is 7.08. The van der Waals surface area contributed by atoms with Gasteiger partial charge in [0.1, 0.15) is 5.82 Å². The Balaban J connectivity index is 0.00000261. The number of halogens is 2. The molecule has 2 N–H and O–H groups in total. The summed E-state index contributed by atoms with van der Waals surface area (Å²) in [6, 6.07) is 8.85. The van der Waals surface area contributed by atoms with Gasteiger partial charge in [0.25, 0.3) is 0 Å². The third kappa shape index (κ3) is 6.48. The molecule has 1 aromatic heterocycles.